The average Bonchev–Trinajstić information content (AvgIpc) is 3.10. The smallest absolute Gasteiger partial charge is 0.228 e. The highest BCUT2D eigenvalue weighted by Crippen LogP contribution is 2.10. The summed E-state index contributed by atoms with van der Waals surface area (Å²) in [5, 5.41) is 10.7. The van der Waals surface area contributed by atoms with Crippen LogP contribution in [0.2, 0.25) is 0 Å². The summed E-state index contributed by atoms with van der Waals surface area (Å²) in [5.41, 5.74) is 0. The van der Waals surface area contributed by atoms with Gasteiger partial charge in [-0.15, -0.1) is 0 Å². The number of nitrogens with one attached hydrogen (secondary N) is 2. The summed E-state index contributed by atoms with van der Waals surface area (Å²) in [6.45, 7) is 7.65. The first-order valence-corrected chi connectivity index (χ1v) is 7.71. The molecule has 0 bridgehead atoms. The summed E-state index contributed by atoms with van der Waals surface area (Å²) < 4.78 is 5.22. The molecule has 0 radical (unpaired) electrons. The van der Waals surface area contributed by atoms with Crippen LogP contribution >= 0.6 is 0 Å². The van der Waals surface area contributed by atoms with Crippen LogP contribution in [-0.4, -0.2) is 35.2 Å². The number of guanidine groups is 1. The Morgan fingerprint density at radius 1 is 1.43 bits per heavy atom. The van der Waals surface area contributed by atoms with Gasteiger partial charge in [-0.2, -0.15) is 4.98 Å². The monoisotopic (exact) mass is 291 g/mol. The Morgan fingerprint density at radius 3 is 2.81 bits per heavy atom. The van der Waals surface area contributed by atoms with Gasteiger partial charge in [0.1, 0.15) is 0 Å². The summed E-state index contributed by atoms with van der Waals surface area (Å²) >= 11 is 0. The molecule has 0 atom stereocenters. The maximum absolute atomic E-state index is 5.22. The molecule has 0 saturated carbocycles. The van der Waals surface area contributed by atoms with E-state index in [1.165, 1.54) is 0 Å². The van der Waals surface area contributed by atoms with Crippen molar-refractivity contribution in [3.63, 3.8) is 0 Å². The quantitative estimate of drug-likeness (QED) is 0.476. The Kier molecular flexibility index (Phi) is 5.78. The normalized spacial score (nSPS) is 15.9. The fourth-order valence-electron chi connectivity index (χ4n) is 2.12. The third-order valence-corrected chi connectivity index (χ3v) is 3.29. The molecule has 1 aliphatic rings. The zero-order valence-electron chi connectivity index (χ0n) is 13.1. The molecule has 1 aliphatic carbocycles. The van der Waals surface area contributed by atoms with Gasteiger partial charge in [0.15, 0.2) is 11.8 Å². The molecule has 0 aromatic carbocycles. The van der Waals surface area contributed by atoms with Gasteiger partial charge in [0.25, 0.3) is 0 Å². The second-order valence-corrected chi connectivity index (χ2v) is 5.50. The van der Waals surface area contributed by atoms with E-state index in [1.54, 1.807) is 0 Å². The van der Waals surface area contributed by atoms with E-state index in [0.717, 1.165) is 31.2 Å². The highest BCUT2D eigenvalue weighted by molar-refractivity contribution is 5.80. The minimum atomic E-state index is 0.292. The van der Waals surface area contributed by atoms with Crippen molar-refractivity contribution >= 4 is 5.96 Å². The number of hydrogen-bond donors (Lipinski definition) is 2. The van der Waals surface area contributed by atoms with Crippen LogP contribution < -0.4 is 10.6 Å². The van der Waals surface area contributed by atoms with Crippen molar-refractivity contribution in [2.45, 2.75) is 52.0 Å². The third-order valence-electron chi connectivity index (χ3n) is 3.29. The maximum atomic E-state index is 5.22. The number of hydrogen-bond acceptors (Lipinski definition) is 4. The first kappa shape index (κ1) is 15.5. The first-order valence-electron chi connectivity index (χ1n) is 7.71. The fraction of sp³-hybridized carbons (Fsp3) is 0.667. The van der Waals surface area contributed by atoms with Gasteiger partial charge in [-0.05, 0) is 19.8 Å². The molecular formula is C15H25N5O. The van der Waals surface area contributed by atoms with Crippen molar-refractivity contribution < 1.29 is 4.52 Å². The molecule has 6 nitrogen and oxygen atoms in total. The summed E-state index contributed by atoms with van der Waals surface area (Å²) in [6.07, 6.45) is 7.19. The zero-order chi connectivity index (χ0) is 15.1. The lowest BCUT2D eigenvalue weighted by Gasteiger charge is -2.16. The van der Waals surface area contributed by atoms with Gasteiger partial charge in [0, 0.05) is 24.9 Å². The topological polar surface area (TPSA) is 75.3 Å². The van der Waals surface area contributed by atoms with Crippen LogP contribution in [0.5, 0.6) is 0 Å². The summed E-state index contributed by atoms with van der Waals surface area (Å²) in [6, 6.07) is 0.457. The Balaban J connectivity index is 1.83. The second-order valence-electron chi connectivity index (χ2n) is 5.50. The standard InChI is InChI=1S/C15H25N5O/c1-4-16-15(18-12-7-5-6-8-12)17-10-9-13-19-14(11(2)3)20-21-13/h5-6,11-12H,4,7-10H2,1-3H3,(H2,16,17,18). The predicted molar refractivity (Wildman–Crippen MR) is 83.4 cm³/mol. The van der Waals surface area contributed by atoms with Gasteiger partial charge in [0.05, 0.1) is 6.54 Å². The van der Waals surface area contributed by atoms with Crippen molar-refractivity contribution in [1.29, 1.82) is 0 Å². The van der Waals surface area contributed by atoms with Crippen LogP contribution in [0.4, 0.5) is 0 Å². The summed E-state index contributed by atoms with van der Waals surface area (Å²) in [5.74, 6) is 2.56. The molecule has 0 amide bonds. The van der Waals surface area contributed by atoms with Crippen molar-refractivity contribution in [2.24, 2.45) is 4.99 Å². The van der Waals surface area contributed by atoms with Crippen molar-refractivity contribution in [1.82, 2.24) is 20.8 Å². The van der Waals surface area contributed by atoms with Crippen molar-refractivity contribution in [3.05, 3.63) is 23.9 Å². The fourth-order valence-corrected chi connectivity index (χ4v) is 2.12. The van der Waals surface area contributed by atoms with E-state index in [-0.39, 0.29) is 0 Å². The number of rotatable bonds is 6. The molecule has 0 aliphatic heterocycles. The highest BCUT2D eigenvalue weighted by Gasteiger charge is 2.12. The van der Waals surface area contributed by atoms with Crippen LogP contribution in [0.3, 0.4) is 0 Å². The van der Waals surface area contributed by atoms with Gasteiger partial charge in [-0.25, -0.2) is 0 Å². The van der Waals surface area contributed by atoms with E-state index in [1.807, 2.05) is 0 Å². The number of nitrogens with zero attached hydrogens (tertiary/aromatic N) is 3. The first-order chi connectivity index (χ1) is 10.2. The van der Waals surface area contributed by atoms with Crippen LogP contribution in [0.15, 0.2) is 21.7 Å². The van der Waals surface area contributed by atoms with Gasteiger partial charge < -0.3 is 15.2 Å². The summed E-state index contributed by atoms with van der Waals surface area (Å²) in [4.78, 5) is 8.92. The lowest BCUT2D eigenvalue weighted by molar-refractivity contribution is 0.372. The number of aromatic nitrogens is 2. The SMILES string of the molecule is CCNC(=NCCc1nc(C(C)C)no1)NC1CC=CC1. The lowest BCUT2D eigenvalue weighted by atomic mass is 10.2. The molecule has 116 valence electrons. The predicted octanol–water partition coefficient (Wildman–Crippen LogP) is 2.01. The lowest BCUT2D eigenvalue weighted by Crippen LogP contribution is -2.42. The van der Waals surface area contributed by atoms with Crippen molar-refractivity contribution in [2.75, 3.05) is 13.1 Å². The van der Waals surface area contributed by atoms with E-state index in [0.29, 0.717) is 30.8 Å². The third kappa shape index (κ3) is 4.88. The minimum absolute atomic E-state index is 0.292. The van der Waals surface area contributed by atoms with Gasteiger partial charge in [-0.3, -0.25) is 4.99 Å². The maximum Gasteiger partial charge on any atom is 0.228 e. The second kappa shape index (κ2) is 7.81. The Morgan fingerprint density at radius 2 is 2.19 bits per heavy atom. The van der Waals surface area contributed by atoms with E-state index >= 15 is 0 Å². The molecular weight excluding hydrogens is 266 g/mol. The highest BCUT2D eigenvalue weighted by atomic mass is 16.5. The van der Waals surface area contributed by atoms with Crippen LogP contribution in [0, 0.1) is 0 Å². The molecule has 2 rings (SSSR count). The Bertz CT molecular complexity index is 484. The van der Waals surface area contributed by atoms with Gasteiger partial charge in [-0.1, -0.05) is 31.2 Å². The van der Waals surface area contributed by atoms with Gasteiger partial charge in [0.2, 0.25) is 5.89 Å². The molecule has 0 unspecified atom stereocenters. The molecule has 0 saturated heterocycles. The van der Waals surface area contributed by atoms with E-state index in [9.17, 15) is 0 Å². The van der Waals surface area contributed by atoms with Gasteiger partial charge >= 0.3 is 0 Å². The molecule has 1 aromatic heterocycles. The largest absolute Gasteiger partial charge is 0.357 e. The molecule has 1 aromatic rings. The summed E-state index contributed by atoms with van der Waals surface area (Å²) in [7, 11) is 0. The van der Waals surface area contributed by atoms with Crippen molar-refractivity contribution in [3.8, 4) is 0 Å². The average molecular weight is 291 g/mol. The molecule has 2 N–H and O–H groups in total. The van der Waals surface area contributed by atoms with Crippen LogP contribution in [0.1, 0.15) is 51.2 Å². The van der Waals surface area contributed by atoms with E-state index in [2.05, 4.69) is 58.7 Å². The van der Waals surface area contributed by atoms with E-state index in [4.69, 9.17) is 4.52 Å². The number of aliphatic imine (C=N–C) groups is 1. The molecule has 0 spiro atoms. The molecule has 1 heterocycles. The zero-order valence-corrected chi connectivity index (χ0v) is 13.1. The van der Waals surface area contributed by atoms with E-state index < -0.39 is 0 Å². The Labute approximate surface area is 126 Å². The molecule has 0 fully saturated rings. The van der Waals surface area contributed by atoms with Crippen LogP contribution in [0.25, 0.3) is 0 Å². The minimum Gasteiger partial charge on any atom is -0.357 e. The molecule has 21 heavy (non-hydrogen) atoms. The van der Waals surface area contributed by atoms with Crippen LogP contribution in [-0.2, 0) is 6.42 Å². The Hall–Kier alpha value is -1.85. The molecule has 6 heteroatoms.